The van der Waals surface area contributed by atoms with E-state index in [4.69, 9.17) is 0 Å². The van der Waals surface area contributed by atoms with Crippen LogP contribution in [0.2, 0.25) is 0 Å². The Hall–Kier alpha value is -1.98. The molecule has 4 nitrogen and oxygen atoms in total. The topological polar surface area (TPSA) is 42.7 Å². The standard InChI is InChI=1S/C13H14F2N4/c1-2-16-12-9(14)7-10(15)13(17-12)19-6-5-11(18-19)8-3-4-8/h5-8H,2-4H2,1H3,(H,16,17). The van der Waals surface area contributed by atoms with Crippen LogP contribution in [0.5, 0.6) is 0 Å². The average molecular weight is 264 g/mol. The summed E-state index contributed by atoms with van der Waals surface area (Å²) in [6, 6.07) is 2.69. The van der Waals surface area contributed by atoms with Crippen LogP contribution in [0, 0.1) is 11.6 Å². The molecule has 100 valence electrons. The van der Waals surface area contributed by atoms with Gasteiger partial charge in [0, 0.05) is 24.7 Å². The fourth-order valence-corrected chi connectivity index (χ4v) is 1.96. The molecular formula is C13H14F2N4. The summed E-state index contributed by atoms with van der Waals surface area (Å²) in [6.07, 6.45) is 3.91. The van der Waals surface area contributed by atoms with Gasteiger partial charge in [0.2, 0.25) is 0 Å². The second-order valence-corrected chi connectivity index (χ2v) is 4.61. The quantitative estimate of drug-likeness (QED) is 0.923. The minimum Gasteiger partial charge on any atom is -0.368 e. The summed E-state index contributed by atoms with van der Waals surface area (Å²) in [4.78, 5) is 3.96. The molecule has 1 N–H and O–H groups in total. The van der Waals surface area contributed by atoms with Gasteiger partial charge in [-0.05, 0) is 25.8 Å². The van der Waals surface area contributed by atoms with Gasteiger partial charge in [0.25, 0.3) is 0 Å². The van der Waals surface area contributed by atoms with Crippen molar-refractivity contribution in [2.24, 2.45) is 0 Å². The average Bonchev–Trinajstić information content (AvgIpc) is 3.12. The molecule has 0 unspecified atom stereocenters. The largest absolute Gasteiger partial charge is 0.368 e. The first-order chi connectivity index (χ1) is 9.19. The Kier molecular flexibility index (Phi) is 2.93. The maximum atomic E-state index is 13.8. The fraction of sp³-hybridized carbons (Fsp3) is 0.385. The molecule has 0 aliphatic heterocycles. The van der Waals surface area contributed by atoms with E-state index >= 15 is 0 Å². The van der Waals surface area contributed by atoms with Crippen LogP contribution in [0.3, 0.4) is 0 Å². The van der Waals surface area contributed by atoms with Crippen LogP contribution >= 0.6 is 0 Å². The molecule has 0 aromatic carbocycles. The van der Waals surface area contributed by atoms with E-state index in [1.54, 1.807) is 6.20 Å². The van der Waals surface area contributed by atoms with Gasteiger partial charge < -0.3 is 5.32 Å². The highest BCUT2D eigenvalue weighted by Crippen LogP contribution is 2.39. The number of hydrogen-bond donors (Lipinski definition) is 1. The Morgan fingerprint density at radius 2 is 2.16 bits per heavy atom. The highest BCUT2D eigenvalue weighted by atomic mass is 19.1. The highest BCUT2D eigenvalue weighted by Gasteiger charge is 2.26. The zero-order valence-electron chi connectivity index (χ0n) is 10.5. The first-order valence-corrected chi connectivity index (χ1v) is 6.35. The number of rotatable bonds is 4. The number of pyridine rings is 1. The normalized spacial score (nSPS) is 14.7. The van der Waals surface area contributed by atoms with Crippen LogP contribution in [0.1, 0.15) is 31.4 Å². The molecule has 2 aromatic rings. The summed E-state index contributed by atoms with van der Waals surface area (Å²) in [7, 11) is 0. The molecule has 6 heteroatoms. The number of nitrogens with zero attached hydrogens (tertiary/aromatic N) is 3. The summed E-state index contributed by atoms with van der Waals surface area (Å²) < 4.78 is 28.6. The lowest BCUT2D eigenvalue weighted by Crippen LogP contribution is -2.09. The molecule has 1 aliphatic rings. The van der Waals surface area contributed by atoms with Crippen LogP contribution in [0.4, 0.5) is 14.6 Å². The monoisotopic (exact) mass is 264 g/mol. The molecule has 0 saturated heterocycles. The van der Waals surface area contributed by atoms with Crippen molar-refractivity contribution in [2.75, 3.05) is 11.9 Å². The SMILES string of the molecule is CCNc1nc(-n2ccc(C3CC3)n2)c(F)cc1F. The molecule has 0 spiro atoms. The van der Waals surface area contributed by atoms with E-state index in [-0.39, 0.29) is 11.6 Å². The third-order valence-electron chi connectivity index (χ3n) is 3.08. The second kappa shape index (κ2) is 4.60. The van der Waals surface area contributed by atoms with E-state index < -0.39 is 11.6 Å². The van der Waals surface area contributed by atoms with Crippen LogP contribution in [0.15, 0.2) is 18.3 Å². The molecular weight excluding hydrogens is 250 g/mol. The maximum Gasteiger partial charge on any atom is 0.191 e. The molecule has 19 heavy (non-hydrogen) atoms. The summed E-state index contributed by atoms with van der Waals surface area (Å²) in [5.41, 5.74) is 0.940. The molecule has 1 aliphatic carbocycles. The Morgan fingerprint density at radius 1 is 1.37 bits per heavy atom. The van der Waals surface area contributed by atoms with Gasteiger partial charge in [0.15, 0.2) is 23.3 Å². The Morgan fingerprint density at radius 3 is 2.84 bits per heavy atom. The van der Waals surface area contributed by atoms with E-state index in [1.807, 2.05) is 13.0 Å². The Labute approximate surface area is 109 Å². The molecule has 2 aromatic heterocycles. The van der Waals surface area contributed by atoms with Gasteiger partial charge in [-0.3, -0.25) is 0 Å². The van der Waals surface area contributed by atoms with E-state index in [0.717, 1.165) is 24.6 Å². The smallest absolute Gasteiger partial charge is 0.191 e. The van der Waals surface area contributed by atoms with Crippen molar-refractivity contribution in [3.8, 4) is 5.82 Å². The van der Waals surface area contributed by atoms with Gasteiger partial charge in [-0.2, -0.15) is 5.10 Å². The van der Waals surface area contributed by atoms with Gasteiger partial charge in [0.05, 0.1) is 5.69 Å². The predicted octanol–water partition coefficient (Wildman–Crippen LogP) is 2.85. The van der Waals surface area contributed by atoms with Gasteiger partial charge in [-0.1, -0.05) is 0 Å². The minimum atomic E-state index is -0.718. The number of aromatic nitrogens is 3. The lowest BCUT2D eigenvalue weighted by molar-refractivity contribution is 0.562. The molecule has 1 saturated carbocycles. The highest BCUT2D eigenvalue weighted by molar-refractivity contribution is 5.42. The Balaban J connectivity index is 1.99. The van der Waals surface area contributed by atoms with Gasteiger partial charge >= 0.3 is 0 Å². The minimum absolute atomic E-state index is 0.0178. The van der Waals surface area contributed by atoms with Crippen molar-refractivity contribution in [2.45, 2.75) is 25.7 Å². The van der Waals surface area contributed by atoms with Crippen LogP contribution in [0.25, 0.3) is 5.82 Å². The molecule has 3 rings (SSSR count). The van der Waals surface area contributed by atoms with Crippen LogP contribution in [-0.2, 0) is 0 Å². The van der Waals surface area contributed by atoms with Crippen LogP contribution < -0.4 is 5.32 Å². The molecule has 0 radical (unpaired) electrons. The molecule has 0 atom stereocenters. The van der Waals surface area contributed by atoms with E-state index in [2.05, 4.69) is 15.4 Å². The Bertz CT molecular complexity index is 605. The van der Waals surface area contributed by atoms with Gasteiger partial charge in [-0.15, -0.1) is 0 Å². The van der Waals surface area contributed by atoms with Crippen molar-refractivity contribution in [1.82, 2.24) is 14.8 Å². The molecule has 0 bridgehead atoms. The first kappa shape index (κ1) is 12.1. The van der Waals surface area contributed by atoms with Crippen molar-refractivity contribution < 1.29 is 8.78 Å². The van der Waals surface area contributed by atoms with Gasteiger partial charge in [0.1, 0.15) is 0 Å². The fourth-order valence-electron chi connectivity index (χ4n) is 1.96. The van der Waals surface area contributed by atoms with Crippen LogP contribution in [-0.4, -0.2) is 21.3 Å². The third kappa shape index (κ3) is 2.30. The maximum absolute atomic E-state index is 13.8. The third-order valence-corrected chi connectivity index (χ3v) is 3.08. The summed E-state index contributed by atoms with van der Waals surface area (Å²) in [5.74, 6) is -0.869. The van der Waals surface area contributed by atoms with Crippen molar-refractivity contribution in [1.29, 1.82) is 0 Å². The lowest BCUT2D eigenvalue weighted by Gasteiger charge is -2.08. The first-order valence-electron chi connectivity index (χ1n) is 6.35. The van der Waals surface area contributed by atoms with Gasteiger partial charge in [-0.25, -0.2) is 18.4 Å². The van der Waals surface area contributed by atoms with Crippen molar-refractivity contribution in [3.63, 3.8) is 0 Å². The number of anilines is 1. The number of nitrogens with one attached hydrogen (secondary N) is 1. The van der Waals surface area contributed by atoms with Crippen molar-refractivity contribution in [3.05, 3.63) is 35.7 Å². The van der Waals surface area contributed by atoms with E-state index in [1.165, 1.54) is 4.68 Å². The summed E-state index contributed by atoms with van der Waals surface area (Å²) in [6.45, 7) is 2.34. The zero-order chi connectivity index (χ0) is 13.4. The van der Waals surface area contributed by atoms with E-state index in [9.17, 15) is 8.78 Å². The molecule has 0 amide bonds. The summed E-state index contributed by atoms with van der Waals surface area (Å²) >= 11 is 0. The summed E-state index contributed by atoms with van der Waals surface area (Å²) in [5, 5.41) is 7.06. The number of halogens is 2. The second-order valence-electron chi connectivity index (χ2n) is 4.61. The molecule has 1 fully saturated rings. The lowest BCUT2D eigenvalue weighted by atomic mass is 10.3. The number of hydrogen-bond acceptors (Lipinski definition) is 3. The predicted molar refractivity (Wildman–Crippen MR) is 67.4 cm³/mol. The zero-order valence-corrected chi connectivity index (χ0v) is 10.5. The van der Waals surface area contributed by atoms with Crippen molar-refractivity contribution >= 4 is 5.82 Å². The van der Waals surface area contributed by atoms with E-state index in [0.29, 0.717) is 12.5 Å². The molecule has 2 heterocycles.